The Kier molecular flexibility index (Phi) is 4.54. The molecular weight excluding hydrogens is 338 g/mol. The summed E-state index contributed by atoms with van der Waals surface area (Å²) < 4.78 is 7.23. The fraction of sp³-hybridized carbons (Fsp3) is 0.412. The number of aromatic amines is 1. The first-order chi connectivity index (χ1) is 12.2. The van der Waals surface area contributed by atoms with Crippen molar-refractivity contribution in [3.05, 3.63) is 35.5 Å². The maximum Gasteiger partial charge on any atom is 0.210 e. The SMILES string of the molecule is Cc1[nH]c2ccccc2c1C(=O)CSc1nnnn1C1CCOCC1. The summed E-state index contributed by atoms with van der Waals surface area (Å²) in [6.07, 6.45) is 1.79. The molecule has 4 rings (SSSR count). The lowest BCUT2D eigenvalue weighted by Gasteiger charge is -2.22. The smallest absolute Gasteiger partial charge is 0.210 e. The number of thioether (sulfide) groups is 1. The van der Waals surface area contributed by atoms with Gasteiger partial charge in [-0.05, 0) is 36.3 Å². The van der Waals surface area contributed by atoms with Gasteiger partial charge in [-0.1, -0.05) is 30.0 Å². The van der Waals surface area contributed by atoms with Crippen LogP contribution in [-0.4, -0.2) is 49.9 Å². The molecule has 1 N–H and O–H groups in total. The first-order valence-electron chi connectivity index (χ1n) is 8.33. The number of Topliss-reactive ketones (excluding diaryl/α,β-unsaturated/α-hetero) is 1. The van der Waals surface area contributed by atoms with Crippen molar-refractivity contribution in [2.45, 2.75) is 31.0 Å². The van der Waals surface area contributed by atoms with Crippen LogP contribution in [0.3, 0.4) is 0 Å². The molecular formula is C17H19N5O2S. The van der Waals surface area contributed by atoms with E-state index in [2.05, 4.69) is 20.5 Å². The number of fused-ring (bicyclic) bond motifs is 1. The van der Waals surface area contributed by atoms with Gasteiger partial charge < -0.3 is 9.72 Å². The number of benzene rings is 1. The van der Waals surface area contributed by atoms with Crippen molar-refractivity contribution in [2.75, 3.05) is 19.0 Å². The predicted octanol–water partition coefficient (Wildman–Crippen LogP) is 2.79. The summed E-state index contributed by atoms with van der Waals surface area (Å²) in [6, 6.07) is 8.12. The number of tetrazole rings is 1. The standard InChI is InChI=1S/C17H19N5O2S/c1-11-16(13-4-2-3-5-14(13)18-11)15(23)10-25-17-19-20-21-22(17)12-6-8-24-9-7-12/h2-5,12,18H,6-10H2,1H3. The fourth-order valence-corrected chi connectivity index (χ4v) is 4.09. The molecule has 1 aromatic carbocycles. The lowest BCUT2D eigenvalue weighted by molar-refractivity contribution is 0.0631. The number of nitrogens with zero attached hydrogens (tertiary/aromatic N) is 4. The van der Waals surface area contributed by atoms with Crippen LogP contribution in [0.2, 0.25) is 0 Å². The molecule has 3 aromatic rings. The number of ether oxygens (including phenoxy) is 1. The van der Waals surface area contributed by atoms with Gasteiger partial charge in [-0.15, -0.1) is 5.10 Å². The van der Waals surface area contributed by atoms with E-state index in [1.165, 1.54) is 11.8 Å². The van der Waals surface area contributed by atoms with E-state index in [-0.39, 0.29) is 11.8 Å². The van der Waals surface area contributed by atoms with E-state index in [0.717, 1.165) is 48.2 Å². The summed E-state index contributed by atoms with van der Waals surface area (Å²) in [7, 11) is 0. The predicted molar refractivity (Wildman–Crippen MR) is 95.0 cm³/mol. The monoisotopic (exact) mass is 357 g/mol. The Morgan fingerprint density at radius 2 is 2.16 bits per heavy atom. The molecule has 1 saturated heterocycles. The van der Waals surface area contributed by atoms with E-state index in [1.807, 2.05) is 35.9 Å². The van der Waals surface area contributed by atoms with Gasteiger partial charge in [-0.25, -0.2) is 4.68 Å². The van der Waals surface area contributed by atoms with Gasteiger partial charge in [0.05, 0.1) is 11.8 Å². The van der Waals surface area contributed by atoms with Crippen molar-refractivity contribution in [1.82, 2.24) is 25.2 Å². The van der Waals surface area contributed by atoms with Crippen LogP contribution in [0.15, 0.2) is 29.4 Å². The number of ketones is 1. The Balaban J connectivity index is 1.51. The molecule has 130 valence electrons. The second-order valence-electron chi connectivity index (χ2n) is 6.13. The number of para-hydroxylation sites is 1. The highest BCUT2D eigenvalue weighted by molar-refractivity contribution is 7.99. The van der Waals surface area contributed by atoms with Crippen molar-refractivity contribution in [2.24, 2.45) is 0 Å². The van der Waals surface area contributed by atoms with Gasteiger partial charge in [0.1, 0.15) is 0 Å². The highest BCUT2D eigenvalue weighted by Gasteiger charge is 2.22. The van der Waals surface area contributed by atoms with Crippen LogP contribution in [0, 0.1) is 6.92 Å². The molecule has 8 heteroatoms. The second-order valence-corrected chi connectivity index (χ2v) is 7.07. The summed E-state index contributed by atoms with van der Waals surface area (Å²) in [5, 5.41) is 13.7. The number of hydrogen-bond donors (Lipinski definition) is 1. The van der Waals surface area contributed by atoms with Crippen molar-refractivity contribution >= 4 is 28.4 Å². The average molecular weight is 357 g/mol. The maximum absolute atomic E-state index is 12.8. The molecule has 0 bridgehead atoms. The Morgan fingerprint density at radius 3 is 3.00 bits per heavy atom. The molecule has 25 heavy (non-hydrogen) atoms. The van der Waals surface area contributed by atoms with Gasteiger partial charge in [0.25, 0.3) is 0 Å². The van der Waals surface area contributed by atoms with Crippen LogP contribution in [-0.2, 0) is 4.74 Å². The summed E-state index contributed by atoms with van der Waals surface area (Å²) in [4.78, 5) is 16.1. The van der Waals surface area contributed by atoms with E-state index in [9.17, 15) is 4.79 Å². The quantitative estimate of drug-likeness (QED) is 0.558. The number of carbonyl (C=O) groups is 1. The zero-order chi connectivity index (χ0) is 17.2. The molecule has 0 radical (unpaired) electrons. The van der Waals surface area contributed by atoms with Gasteiger partial charge in [0.15, 0.2) is 5.78 Å². The minimum Gasteiger partial charge on any atom is -0.381 e. The zero-order valence-corrected chi connectivity index (χ0v) is 14.8. The molecule has 0 aliphatic carbocycles. The lowest BCUT2D eigenvalue weighted by atomic mass is 10.1. The van der Waals surface area contributed by atoms with Crippen molar-refractivity contribution in [1.29, 1.82) is 0 Å². The van der Waals surface area contributed by atoms with Gasteiger partial charge in [0, 0.05) is 35.4 Å². The van der Waals surface area contributed by atoms with Crippen LogP contribution >= 0.6 is 11.8 Å². The van der Waals surface area contributed by atoms with E-state index in [4.69, 9.17) is 4.74 Å². The molecule has 0 atom stereocenters. The maximum atomic E-state index is 12.8. The number of nitrogens with one attached hydrogen (secondary N) is 1. The Labute approximate surface area is 149 Å². The van der Waals surface area contributed by atoms with E-state index in [1.54, 1.807) is 0 Å². The third-order valence-corrected chi connectivity index (χ3v) is 5.44. The topological polar surface area (TPSA) is 85.7 Å². The first kappa shape index (κ1) is 16.3. The summed E-state index contributed by atoms with van der Waals surface area (Å²) in [5.74, 6) is 0.396. The first-order valence-corrected chi connectivity index (χ1v) is 9.31. The Bertz CT molecular complexity index is 897. The molecule has 0 spiro atoms. The largest absolute Gasteiger partial charge is 0.381 e. The van der Waals surface area contributed by atoms with Gasteiger partial charge in [-0.2, -0.15) is 0 Å². The van der Waals surface area contributed by atoms with Crippen LogP contribution in [0.25, 0.3) is 10.9 Å². The van der Waals surface area contributed by atoms with E-state index < -0.39 is 0 Å². The van der Waals surface area contributed by atoms with Crippen molar-refractivity contribution in [3.8, 4) is 0 Å². The molecule has 0 amide bonds. The third kappa shape index (κ3) is 3.19. The summed E-state index contributed by atoms with van der Waals surface area (Å²) >= 11 is 1.39. The molecule has 1 fully saturated rings. The molecule has 7 nitrogen and oxygen atoms in total. The molecule has 1 aliphatic rings. The molecule has 3 heterocycles. The highest BCUT2D eigenvalue weighted by Crippen LogP contribution is 2.27. The lowest BCUT2D eigenvalue weighted by Crippen LogP contribution is -2.21. The van der Waals surface area contributed by atoms with Gasteiger partial charge in [-0.3, -0.25) is 4.79 Å². The summed E-state index contributed by atoms with van der Waals surface area (Å²) in [5.41, 5.74) is 2.64. The van der Waals surface area contributed by atoms with Gasteiger partial charge in [0.2, 0.25) is 5.16 Å². The normalized spacial score (nSPS) is 15.7. The summed E-state index contributed by atoms with van der Waals surface area (Å²) in [6.45, 7) is 3.38. The van der Waals surface area contributed by atoms with E-state index in [0.29, 0.717) is 10.9 Å². The van der Waals surface area contributed by atoms with Gasteiger partial charge >= 0.3 is 0 Å². The van der Waals surface area contributed by atoms with Crippen LogP contribution in [0.4, 0.5) is 0 Å². The highest BCUT2D eigenvalue weighted by atomic mass is 32.2. The van der Waals surface area contributed by atoms with Crippen LogP contribution in [0.1, 0.15) is 34.9 Å². The molecule has 0 unspecified atom stereocenters. The number of hydrogen-bond acceptors (Lipinski definition) is 6. The third-order valence-electron chi connectivity index (χ3n) is 4.50. The fourth-order valence-electron chi connectivity index (χ4n) is 3.28. The second kappa shape index (κ2) is 6.97. The van der Waals surface area contributed by atoms with Crippen molar-refractivity contribution in [3.63, 3.8) is 0 Å². The number of aromatic nitrogens is 5. The Hall–Kier alpha value is -2.19. The van der Waals surface area contributed by atoms with Crippen LogP contribution in [0.5, 0.6) is 0 Å². The molecule has 0 saturated carbocycles. The number of H-pyrrole nitrogens is 1. The number of rotatable bonds is 5. The molecule has 1 aliphatic heterocycles. The number of aryl methyl sites for hydroxylation is 1. The zero-order valence-electron chi connectivity index (χ0n) is 13.9. The Morgan fingerprint density at radius 1 is 1.36 bits per heavy atom. The van der Waals surface area contributed by atoms with Crippen LogP contribution < -0.4 is 0 Å². The number of carbonyl (C=O) groups excluding carboxylic acids is 1. The molecule has 2 aromatic heterocycles. The van der Waals surface area contributed by atoms with E-state index >= 15 is 0 Å². The average Bonchev–Trinajstić information content (AvgIpc) is 3.23. The minimum absolute atomic E-state index is 0.0847. The minimum atomic E-state index is 0.0847. The van der Waals surface area contributed by atoms with Crippen molar-refractivity contribution < 1.29 is 9.53 Å².